The predicted molar refractivity (Wildman–Crippen MR) is 93.5 cm³/mol. The number of esters is 2. The van der Waals surface area contributed by atoms with E-state index in [9.17, 15) is 18.0 Å². The molecule has 1 heterocycles. The molecule has 0 spiro atoms. The number of hydrogen-bond acceptors (Lipinski definition) is 7. The van der Waals surface area contributed by atoms with E-state index in [-0.39, 0.29) is 29.6 Å². The van der Waals surface area contributed by atoms with Crippen molar-refractivity contribution in [2.75, 3.05) is 13.2 Å². The predicted octanol–water partition coefficient (Wildman–Crippen LogP) is 1.67. The van der Waals surface area contributed by atoms with E-state index in [4.69, 9.17) is 14.2 Å². The standard InChI is InChI=1S/C17H19NO7S/c1-4-23-16(19)14(17(20)24-5-2)25-15-13(11(3)26(21,22)18-15)12-9-7-6-8-10-12/h6-10,14H,4-5H2,1-3H3. The summed E-state index contributed by atoms with van der Waals surface area (Å²) in [4.78, 5) is 24.1. The van der Waals surface area contributed by atoms with Gasteiger partial charge in [-0.2, -0.15) is 8.42 Å². The first-order chi connectivity index (χ1) is 12.3. The minimum absolute atomic E-state index is 0.0171. The molecular weight excluding hydrogens is 362 g/mol. The van der Waals surface area contributed by atoms with Crippen LogP contribution in [0.5, 0.6) is 0 Å². The molecule has 0 saturated carbocycles. The SMILES string of the molecule is CCOC(=O)C(OC1=NS(=O)(=O)C(C)=C1c1ccccc1)C(=O)OCC. The van der Waals surface area contributed by atoms with E-state index in [1.807, 2.05) is 0 Å². The van der Waals surface area contributed by atoms with Gasteiger partial charge in [-0.3, -0.25) is 0 Å². The Hall–Kier alpha value is -2.68. The minimum atomic E-state index is -3.95. The average molecular weight is 381 g/mol. The second kappa shape index (κ2) is 8.13. The molecule has 0 aliphatic carbocycles. The molecule has 1 aliphatic heterocycles. The fraction of sp³-hybridized carbons (Fsp3) is 0.353. The Labute approximate surface area is 151 Å². The number of allylic oxidation sites excluding steroid dienone is 1. The van der Waals surface area contributed by atoms with Crippen LogP contribution in [0.3, 0.4) is 0 Å². The zero-order valence-corrected chi connectivity index (χ0v) is 15.4. The Bertz CT molecular complexity index is 838. The van der Waals surface area contributed by atoms with Crippen LogP contribution in [0.1, 0.15) is 26.3 Å². The lowest BCUT2D eigenvalue weighted by Crippen LogP contribution is -2.38. The maximum absolute atomic E-state index is 12.2. The molecule has 0 bridgehead atoms. The monoisotopic (exact) mass is 381 g/mol. The summed E-state index contributed by atoms with van der Waals surface area (Å²) in [7, 11) is -3.95. The fourth-order valence-corrected chi connectivity index (χ4v) is 3.21. The van der Waals surface area contributed by atoms with Gasteiger partial charge in [0, 0.05) is 0 Å². The first-order valence-corrected chi connectivity index (χ1v) is 9.37. The summed E-state index contributed by atoms with van der Waals surface area (Å²) >= 11 is 0. The third-order valence-corrected chi connectivity index (χ3v) is 4.83. The molecule has 1 aromatic rings. The lowest BCUT2D eigenvalue weighted by Gasteiger charge is -2.17. The van der Waals surface area contributed by atoms with Gasteiger partial charge in [0.25, 0.3) is 16.1 Å². The molecule has 0 atom stereocenters. The molecule has 1 aliphatic rings. The fourth-order valence-electron chi connectivity index (χ4n) is 2.25. The van der Waals surface area contributed by atoms with Crippen LogP contribution in [0.2, 0.25) is 0 Å². The molecular formula is C17H19NO7S. The summed E-state index contributed by atoms with van der Waals surface area (Å²) in [6, 6.07) is 8.53. The van der Waals surface area contributed by atoms with Gasteiger partial charge >= 0.3 is 11.9 Å². The molecule has 8 nitrogen and oxygen atoms in total. The molecule has 9 heteroatoms. The van der Waals surface area contributed by atoms with Gasteiger partial charge in [0.1, 0.15) is 0 Å². The molecule has 2 rings (SSSR count). The van der Waals surface area contributed by atoms with Crippen LogP contribution in [0, 0.1) is 0 Å². The summed E-state index contributed by atoms with van der Waals surface area (Å²) in [6.07, 6.45) is -1.77. The van der Waals surface area contributed by atoms with Crippen LogP contribution < -0.4 is 0 Å². The van der Waals surface area contributed by atoms with Crippen molar-refractivity contribution in [3.8, 4) is 0 Å². The van der Waals surface area contributed by atoms with Crippen molar-refractivity contribution in [1.29, 1.82) is 0 Å². The van der Waals surface area contributed by atoms with Gasteiger partial charge < -0.3 is 14.2 Å². The Morgan fingerprint density at radius 2 is 1.58 bits per heavy atom. The Morgan fingerprint density at radius 1 is 1.04 bits per heavy atom. The van der Waals surface area contributed by atoms with Crippen LogP contribution in [0.15, 0.2) is 39.6 Å². The highest BCUT2D eigenvalue weighted by atomic mass is 32.2. The lowest BCUT2D eigenvalue weighted by molar-refractivity contribution is -0.166. The topological polar surface area (TPSA) is 108 Å². The molecule has 0 amide bonds. The third kappa shape index (κ3) is 4.10. The molecule has 140 valence electrons. The van der Waals surface area contributed by atoms with Crippen LogP contribution in [-0.4, -0.2) is 45.6 Å². The summed E-state index contributed by atoms with van der Waals surface area (Å²) in [5.74, 6) is -2.31. The van der Waals surface area contributed by atoms with Crippen molar-refractivity contribution in [1.82, 2.24) is 0 Å². The van der Waals surface area contributed by atoms with Gasteiger partial charge in [0.15, 0.2) is 0 Å². The third-order valence-electron chi connectivity index (χ3n) is 3.45. The Morgan fingerprint density at radius 3 is 2.08 bits per heavy atom. The number of carbonyl (C=O) groups excluding carboxylic acids is 2. The van der Waals surface area contributed by atoms with Crippen molar-refractivity contribution >= 4 is 33.4 Å². The molecule has 0 saturated heterocycles. The second-order valence-corrected chi connectivity index (χ2v) is 6.92. The van der Waals surface area contributed by atoms with Gasteiger partial charge in [-0.25, -0.2) is 9.59 Å². The molecule has 0 radical (unpaired) electrons. The molecule has 0 fully saturated rings. The second-order valence-electron chi connectivity index (χ2n) is 5.17. The highest BCUT2D eigenvalue weighted by molar-refractivity contribution is 7.94. The zero-order chi connectivity index (χ0) is 19.3. The highest BCUT2D eigenvalue weighted by Crippen LogP contribution is 2.32. The molecule has 26 heavy (non-hydrogen) atoms. The number of ether oxygens (including phenoxy) is 3. The van der Waals surface area contributed by atoms with E-state index in [2.05, 4.69) is 4.40 Å². The van der Waals surface area contributed by atoms with Crippen LogP contribution >= 0.6 is 0 Å². The molecule has 0 unspecified atom stereocenters. The van der Waals surface area contributed by atoms with E-state index in [1.165, 1.54) is 6.92 Å². The van der Waals surface area contributed by atoms with Gasteiger partial charge in [-0.05, 0) is 26.3 Å². The van der Waals surface area contributed by atoms with Crippen molar-refractivity contribution in [2.45, 2.75) is 26.9 Å². The number of hydrogen-bond donors (Lipinski definition) is 0. The number of carbonyl (C=O) groups is 2. The number of sulfonamides is 1. The normalized spacial score (nSPS) is 15.6. The van der Waals surface area contributed by atoms with E-state index >= 15 is 0 Å². The van der Waals surface area contributed by atoms with Gasteiger partial charge in [0.05, 0.1) is 23.7 Å². The number of benzene rings is 1. The molecule has 0 aromatic heterocycles. The Kier molecular flexibility index (Phi) is 6.14. The van der Waals surface area contributed by atoms with Crippen molar-refractivity contribution < 1.29 is 32.2 Å². The number of rotatable bonds is 6. The van der Waals surface area contributed by atoms with Crippen LogP contribution in [0.4, 0.5) is 0 Å². The van der Waals surface area contributed by atoms with E-state index < -0.39 is 28.1 Å². The van der Waals surface area contributed by atoms with Crippen LogP contribution in [-0.2, 0) is 33.8 Å². The lowest BCUT2D eigenvalue weighted by atomic mass is 10.1. The zero-order valence-electron chi connectivity index (χ0n) is 14.6. The number of nitrogens with zero attached hydrogens (tertiary/aromatic N) is 1. The van der Waals surface area contributed by atoms with E-state index in [0.29, 0.717) is 5.56 Å². The van der Waals surface area contributed by atoms with Gasteiger partial charge in [-0.1, -0.05) is 30.3 Å². The summed E-state index contributed by atoms with van der Waals surface area (Å²) in [5.41, 5.74) is 0.709. The maximum Gasteiger partial charge on any atom is 0.359 e. The van der Waals surface area contributed by atoms with Gasteiger partial charge in [-0.15, -0.1) is 4.40 Å². The molecule has 0 N–H and O–H groups in total. The quantitative estimate of drug-likeness (QED) is 0.545. The van der Waals surface area contributed by atoms with Crippen molar-refractivity contribution in [3.05, 3.63) is 40.8 Å². The van der Waals surface area contributed by atoms with Crippen molar-refractivity contribution in [2.24, 2.45) is 4.40 Å². The summed E-state index contributed by atoms with van der Waals surface area (Å²) in [6.45, 7) is 4.54. The first-order valence-electron chi connectivity index (χ1n) is 7.93. The summed E-state index contributed by atoms with van der Waals surface area (Å²) < 4.78 is 42.9. The molecule has 1 aromatic carbocycles. The maximum atomic E-state index is 12.2. The Balaban J connectivity index is 2.43. The van der Waals surface area contributed by atoms with Crippen LogP contribution in [0.25, 0.3) is 5.57 Å². The van der Waals surface area contributed by atoms with E-state index in [1.54, 1.807) is 44.2 Å². The average Bonchev–Trinajstić information content (AvgIpc) is 2.82. The largest absolute Gasteiger partial charge is 0.463 e. The summed E-state index contributed by atoms with van der Waals surface area (Å²) in [5, 5.41) is 0. The minimum Gasteiger partial charge on any atom is -0.463 e. The van der Waals surface area contributed by atoms with Gasteiger partial charge in [0.2, 0.25) is 5.90 Å². The highest BCUT2D eigenvalue weighted by Gasteiger charge is 2.38. The van der Waals surface area contributed by atoms with Crippen molar-refractivity contribution in [3.63, 3.8) is 0 Å². The first kappa shape index (κ1) is 19.6. The van der Waals surface area contributed by atoms with E-state index in [0.717, 1.165) is 0 Å². The smallest absolute Gasteiger partial charge is 0.359 e.